The minimum Gasteiger partial charge on any atom is -0.504 e. The van der Waals surface area contributed by atoms with Crippen molar-refractivity contribution < 1.29 is 24.4 Å². The van der Waals surface area contributed by atoms with E-state index in [1.165, 1.54) is 6.07 Å². The lowest BCUT2D eigenvalue weighted by Gasteiger charge is -2.11. The highest BCUT2D eigenvalue weighted by Crippen LogP contribution is 2.35. The van der Waals surface area contributed by atoms with Crippen molar-refractivity contribution >= 4 is 0 Å². The zero-order valence-electron chi connectivity index (χ0n) is 11.3. The summed E-state index contributed by atoms with van der Waals surface area (Å²) in [7, 11) is 3.14. The molecule has 2 aromatic rings. The van der Waals surface area contributed by atoms with Crippen LogP contribution in [0.5, 0.6) is 28.7 Å². The molecule has 5 heteroatoms. The van der Waals surface area contributed by atoms with E-state index in [9.17, 15) is 10.2 Å². The first-order valence-electron chi connectivity index (χ1n) is 5.99. The molecule has 0 heterocycles. The summed E-state index contributed by atoms with van der Waals surface area (Å²) in [6, 6.07) is 9.93. The van der Waals surface area contributed by atoms with Gasteiger partial charge in [-0.15, -0.1) is 0 Å². The van der Waals surface area contributed by atoms with Crippen molar-refractivity contribution in [3.05, 3.63) is 42.0 Å². The third-order valence-electron chi connectivity index (χ3n) is 2.78. The molecule has 0 bridgehead atoms. The minimum absolute atomic E-state index is 0.213. The average Bonchev–Trinajstić information content (AvgIpc) is 2.48. The van der Waals surface area contributed by atoms with E-state index < -0.39 is 0 Å². The number of ether oxygens (including phenoxy) is 3. The van der Waals surface area contributed by atoms with E-state index in [2.05, 4.69) is 0 Å². The summed E-state index contributed by atoms with van der Waals surface area (Å²) in [6.45, 7) is 0.213. The van der Waals surface area contributed by atoms with Gasteiger partial charge in [0.15, 0.2) is 11.5 Å². The summed E-state index contributed by atoms with van der Waals surface area (Å²) >= 11 is 0. The Labute approximate surface area is 117 Å². The maximum absolute atomic E-state index is 9.65. The summed E-state index contributed by atoms with van der Waals surface area (Å²) < 4.78 is 15.8. The van der Waals surface area contributed by atoms with E-state index >= 15 is 0 Å². The van der Waals surface area contributed by atoms with Crippen LogP contribution in [-0.2, 0) is 6.61 Å². The number of benzene rings is 2. The van der Waals surface area contributed by atoms with Crippen LogP contribution in [-0.4, -0.2) is 24.4 Å². The van der Waals surface area contributed by atoms with Gasteiger partial charge in [0.25, 0.3) is 0 Å². The highest BCUT2D eigenvalue weighted by Gasteiger charge is 2.08. The van der Waals surface area contributed by atoms with Crippen molar-refractivity contribution in [2.75, 3.05) is 14.2 Å². The molecule has 0 unspecified atom stereocenters. The van der Waals surface area contributed by atoms with E-state index in [4.69, 9.17) is 14.2 Å². The zero-order chi connectivity index (χ0) is 14.5. The topological polar surface area (TPSA) is 68.2 Å². The Hall–Kier alpha value is -2.56. The van der Waals surface area contributed by atoms with Crippen LogP contribution in [0.2, 0.25) is 0 Å². The largest absolute Gasteiger partial charge is 0.504 e. The van der Waals surface area contributed by atoms with Crippen molar-refractivity contribution in [3.8, 4) is 28.7 Å². The first-order chi connectivity index (χ1) is 9.63. The van der Waals surface area contributed by atoms with Gasteiger partial charge in [0.1, 0.15) is 18.1 Å². The molecule has 0 aliphatic rings. The van der Waals surface area contributed by atoms with Crippen LogP contribution in [0.15, 0.2) is 36.4 Å². The molecule has 0 aliphatic heterocycles. The number of hydrogen-bond donors (Lipinski definition) is 2. The van der Waals surface area contributed by atoms with E-state index in [0.29, 0.717) is 11.5 Å². The van der Waals surface area contributed by atoms with E-state index in [1.807, 2.05) is 12.1 Å². The van der Waals surface area contributed by atoms with Crippen LogP contribution in [0.4, 0.5) is 0 Å². The lowest BCUT2D eigenvalue weighted by molar-refractivity contribution is 0.281. The lowest BCUT2D eigenvalue weighted by Crippen LogP contribution is -1.97. The van der Waals surface area contributed by atoms with Gasteiger partial charge in [0.05, 0.1) is 14.2 Å². The quantitative estimate of drug-likeness (QED) is 0.822. The second kappa shape index (κ2) is 6.06. The van der Waals surface area contributed by atoms with E-state index in [-0.39, 0.29) is 23.9 Å². The van der Waals surface area contributed by atoms with Gasteiger partial charge in [-0.3, -0.25) is 0 Å². The second-order valence-electron chi connectivity index (χ2n) is 4.13. The van der Waals surface area contributed by atoms with Crippen LogP contribution in [0.25, 0.3) is 0 Å². The molecule has 2 aromatic carbocycles. The number of rotatable bonds is 5. The molecular weight excluding hydrogens is 260 g/mol. The van der Waals surface area contributed by atoms with Crippen molar-refractivity contribution in [3.63, 3.8) is 0 Å². The predicted molar refractivity (Wildman–Crippen MR) is 73.6 cm³/mol. The minimum atomic E-state index is -0.276. The van der Waals surface area contributed by atoms with E-state index in [0.717, 1.165) is 5.56 Å². The average molecular weight is 276 g/mol. The van der Waals surface area contributed by atoms with Gasteiger partial charge in [-0.2, -0.15) is 0 Å². The Balaban J connectivity index is 2.16. The van der Waals surface area contributed by atoms with Crippen molar-refractivity contribution in [1.82, 2.24) is 0 Å². The molecule has 20 heavy (non-hydrogen) atoms. The Morgan fingerprint density at radius 3 is 2.20 bits per heavy atom. The van der Waals surface area contributed by atoms with Gasteiger partial charge >= 0.3 is 0 Å². The highest BCUT2D eigenvalue weighted by atomic mass is 16.5. The normalized spacial score (nSPS) is 10.1. The van der Waals surface area contributed by atoms with Crippen molar-refractivity contribution in [2.24, 2.45) is 0 Å². The fourth-order valence-electron chi connectivity index (χ4n) is 1.74. The number of phenolic OH excluding ortho intramolecular Hbond substituents is 2. The van der Waals surface area contributed by atoms with Crippen LogP contribution >= 0.6 is 0 Å². The first-order valence-corrected chi connectivity index (χ1v) is 5.99. The molecule has 2 rings (SSSR count). The molecule has 0 fully saturated rings. The molecule has 0 amide bonds. The fourth-order valence-corrected chi connectivity index (χ4v) is 1.74. The molecule has 106 valence electrons. The smallest absolute Gasteiger partial charge is 0.200 e. The monoisotopic (exact) mass is 276 g/mol. The molecule has 5 nitrogen and oxygen atoms in total. The molecular formula is C15H16O5. The Morgan fingerprint density at radius 2 is 1.60 bits per heavy atom. The second-order valence-corrected chi connectivity index (χ2v) is 4.13. The summed E-state index contributed by atoms with van der Waals surface area (Å²) in [5.74, 6) is 1.03. The molecule has 2 N–H and O–H groups in total. The number of aromatic hydroxyl groups is 2. The summed E-state index contributed by atoms with van der Waals surface area (Å²) in [5.41, 5.74) is 0.823. The fraction of sp³-hybridized carbons (Fsp3) is 0.200. The molecule has 0 radical (unpaired) electrons. The maximum atomic E-state index is 9.65. The van der Waals surface area contributed by atoms with Crippen LogP contribution in [0, 0.1) is 0 Å². The third-order valence-corrected chi connectivity index (χ3v) is 2.78. The number of phenols is 2. The molecule has 0 saturated heterocycles. The number of hydrogen-bond acceptors (Lipinski definition) is 5. The maximum Gasteiger partial charge on any atom is 0.200 e. The Bertz CT molecular complexity index is 573. The lowest BCUT2D eigenvalue weighted by atomic mass is 10.2. The van der Waals surface area contributed by atoms with Crippen LogP contribution in [0.1, 0.15) is 5.56 Å². The molecule has 0 spiro atoms. The Morgan fingerprint density at radius 1 is 0.950 bits per heavy atom. The third kappa shape index (κ3) is 3.06. The molecule has 0 aromatic heterocycles. The molecule has 0 aliphatic carbocycles. The summed E-state index contributed by atoms with van der Waals surface area (Å²) in [5, 5.41) is 19.0. The van der Waals surface area contributed by atoms with E-state index in [1.54, 1.807) is 32.4 Å². The van der Waals surface area contributed by atoms with Gasteiger partial charge in [-0.1, -0.05) is 6.07 Å². The van der Waals surface area contributed by atoms with Gasteiger partial charge in [-0.25, -0.2) is 0 Å². The number of methoxy groups -OCH3 is 2. The Kier molecular flexibility index (Phi) is 4.20. The van der Waals surface area contributed by atoms with Crippen LogP contribution < -0.4 is 14.2 Å². The summed E-state index contributed by atoms with van der Waals surface area (Å²) in [4.78, 5) is 0. The molecule has 0 saturated carbocycles. The van der Waals surface area contributed by atoms with Gasteiger partial charge < -0.3 is 24.4 Å². The number of para-hydroxylation sites is 1. The summed E-state index contributed by atoms with van der Waals surface area (Å²) in [6.07, 6.45) is 0. The zero-order valence-corrected chi connectivity index (χ0v) is 11.3. The SMILES string of the molecule is COc1cc(COc2cccc(O)c2O)cc(OC)c1. The van der Waals surface area contributed by atoms with Gasteiger partial charge in [-0.05, 0) is 29.8 Å². The molecule has 0 atom stereocenters. The van der Waals surface area contributed by atoms with Crippen molar-refractivity contribution in [2.45, 2.75) is 6.61 Å². The van der Waals surface area contributed by atoms with Crippen LogP contribution in [0.3, 0.4) is 0 Å². The highest BCUT2D eigenvalue weighted by molar-refractivity contribution is 5.49. The predicted octanol–water partition coefficient (Wildman–Crippen LogP) is 2.69. The standard InChI is InChI=1S/C15H16O5/c1-18-11-6-10(7-12(8-11)19-2)9-20-14-5-3-4-13(16)15(14)17/h3-8,16-17H,9H2,1-2H3. The van der Waals surface area contributed by atoms with Gasteiger partial charge in [0.2, 0.25) is 5.75 Å². The van der Waals surface area contributed by atoms with Gasteiger partial charge in [0, 0.05) is 6.07 Å². The van der Waals surface area contributed by atoms with Crippen molar-refractivity contribution in [1.29, 1.82) is 0 Å². The first kappa shape index (κ1) is 13.9.